The van der Waals surface area contributed by atoms with Crippen molar-refractivity contribution in [2.45, 2.75) is 83.3 Å². The third kappa shape index (κ3) is 5.84. The molecular formula is C30H41NO4SSi. The van der Waals surface area contributed by atoms with Crippen LogP contribution < -0.4 is 0 Å². The van der Waals surface area contributed by atoms with Crippen LogP contribution in [0.25, 0.3) is 11.1 Å². The van der Waals surface area contributed by atoms with Crippen molar-refractivity contribution < 1.29 is 17.6 Å². The van der Waals surface area contributed by atoms with Crippen molar-refractivity contribution in [3.63, 3.8) is 0 Å². The first-order chi connectivity index (χ1) is 17.3. The van der Waals surface area contributed by atoms with E-state index in [1.807, 2.05) is 37.3 Å². The number of aromatic nitrogens is 1. The second-order valence-electron chi connectivity index (χ2n) is 10.9. The van der Waals surface area contributed by atoms with Crippen LogP contribution in [0.4, 0.5) is 0 Å². The topological polar surface area (TPSA) is 65.4 Å². The first-order valence-corrected chi connectivity index (χ1v) is 16.6. The minimum absolute atomic E-state index is 0.0374. The second kappa shape index (κ2) is 11.5. The predicted molar refractivity (Wildman–Crippen MR) is 154 cm³/mol. The zero-order valence-electron chi connectivity index (χ0n) is 23.4. The maximum absolute atomic E-state index is 13.6. The molecule has 0 aliphatic heterocycles. The number of rotatable bonds is 11. The lowest BCUT2D eigenvalue weighted by Crippen LogP contribution is -2.48. The maximum Gasteiger partial charge on any atom is 0.267 e. The monoisotopic (exact) mass is 539 g/mol. The SMILES string of the molecule is Cc1ccc(S(=O)(=O)n2cc(-c3ccccc3)c(CC(=O)CO[Si](C(C)C)(C(C)C)C(C)C)c2C)cc1. The number of aryl methyl sites for hydroxylation is 1. The highest BCUT2D eigenvalue weighted by molar-refractivity contribution is 7.90. The molecule has 0 amide bonds. The van der Waals surface area contributed by atoms with Gasteiger partial charge in [0, 0.05) is 23.9 Å². The summed E-state index contributed by atoms with van der Waals surface area (Å²) in [5.41, 5.74) is 5.02. The highest BCUT2D eigenvalue weighted by Crippen LogP contribution is 2.42. The number of hydrogen-bond acceptors (Lipinski definition) is 4. The fourth-order valence-corrected chi connectivity index (χ4v) is 12.6. The molecule has 5 nitrogen and oxygen atoms in total. The van der Waals surface area contributed by atoms with Crippen molar-refractivity contribution in [2.75, 3.05) is 6.61 Å². The Bertz CT molecular complexity index is 1300. The van der Waals surface area contributed by atoms with Gasteiger partial charge in [-0.1, -0.05) is 89.6 Å². The first-order valence-electron chi connectivity index (χ1n) is 13.1. The van der Waals surface area contributed by atoms with E-state index in [1.54, 1.807) is 37.4 Å². The van der Waals surface area contributed by atoms with E-state index >= 15 is 0 Å². The highest BCUT2D eigenvalue weighted by Gasteiger charge is 2.45. The van der Waals surface area contributed by atoms with Gasteiger partial charge < -0.3 is 4.43 Å². The van der Waals surface area contributed by atoms with E-state index in [9.17, 15) is 13.2 Å². The van der Waals surface area contributed by atoms with Crippen LogP contribution in [0.3, 0.4) is 0 Å². The number of carbonyl (C=O) groups is 1. The quantitative estimate of drug-likeness (QED) is 0.240. The Balaban J connectivity index is 2.01. The number of carbonyl (C=O) groups excluding carboxylic acids is 1. The summed E-state index contributed by atoms with van der Waals surface area (Å²) in [6.45, 7) is 16.9. The van der Waals surface area contributed by atoms with Gasteiger partial charge in [-0.3, -0.25) is 4.79 Å². The molecule has 3 rings (SSSR count). The smallest absolute Gasteiger partial charge is 0.267 e. The van der Waals surface area contributed by atoms with Crippen LogP contribution in [0, 0.1) is 13.8 Å². The van der Waals surface area contributed by atoms with Crippen LogP contribution in [-0.2, 0) is 25.7 Å². The van der Waals surface area contributed by atoms with Gasteiger partial charge in [0.1, 0.15) is 0 Å². The third-order valence-corrected chi connectivity index (χ3v) is 15.4. The Morgan fingerprint density at radius 3 is 1.92 bits per heavy atom. The molecule has 0 atom stereocenters. The van der Waals surface area contributed by atoms with Gasteiger partial charge in [-0.15, -0.1) is 0 Å². The summed E-state index contributed by atoms with van der Waals surface area (Å²) >= 11 is 0. The lowest BCUT2D eigenvalue weighted by Gasteiger charge is -2.42. The van der Waals surface area contributed by atoms with Crippen molar-refractivity contribution >= 4 is 24.1 Å². The standard InChI is InChI=1S/C30H41NO4SSi/c1-21(2)37(22(3)4,23(5)6)35-20-27(32)18-29-25(8)31(19-30(29)26-12-10-9-11-13-26)36(33,34)28-16-14-24(7)15-17-28/h9-17,19,21-23H,18,20H2,1-8H3. The van der Waals surface area contributed by atoms with E-state index in [2.05, 4.69) is 41.5 Å². The molecule has 0 unspecified atom stereocenters. The Morgan fingerprint density at radius 2 is 1.41 bits per heavy atom. The normalized spacial score (nSPS) is 12.6. The van der Waals surface area contributed by atoms with Gasteiger partial charge in [-0.25, -0.2) is 12.4 Å². The Morgan fingerprint density at radius 1 is 0.865 bits per heavy atom. The molecular weight excluding hydrogens is 498 g/mol. The average Bonchev–Trinajstić information content (AvgIpc) is 3.16. The van der Waals surface area contributed by atoms with Crippen LogP contribution in [0.2, 0.25) is 16.6 Å². The van der Waals surface area contributed by atoms with Crippen molar-refractivity contribution in [3.8, 4) is 11.1 Å². The van der Waals surface area contributed by atoms with Gasteiger partial charge >= 0.3 is 0 Å². The molecule has 0 aliphatic carbocycles. The fraction of sp³-hybridized carbons (Fsp3) is 0.433. The average molecular weight is 540 g/mol. The first kappa shape index (κ1) is 29.1. The van der Waals surface area contributed by atoms with Crippen molar-refractivity contribution in [1.29, 1.82) is 0 Å². The van der Waals surface area contributed by atoms with Gasteiger partial charge in [0.05, 0.1) is 11.5 Å². The van der Waals surface area contributed by atoms with Gasteiger partial charge in [-0.2, -0.15) is 0 Å². The zero-order chi connectivity index (χ0) is 27.5. The number of Topliss-reactive ketones (excluding diaryl/α,β-unsaturated/α-hetero) is 1. The molecule has 1 heterocycles. The molecule has 0 spiro atoms. The summed E-state index contributed by atoms with van der Waals surface area (Å²) < 4.78 is 35.0. The Labute approximate surface area is 224 Å². The van der Waals surface area contributed by atoms with E-state index in [0.717, 1.165) is 22.3 Å². The summed E-state index contributed by atoms with van der Waals surface area (Å²) in [7, 11) is -6.01. The Kier molecular flexibility index (Phi) is 9.04. The van der Waals surface area contributed by atoms with Gasteiger partial charge in [0.15, 0.2) is 5.78 Å². The third-order valence-electron chi connectivity index (χ3n) is 7.57. The second-order valence-corrected chi connectivity index (χ2v) is 18.2. The number of nitrogens with zero attached hydrogens (tertiary/aromatic N) is 1. The van der Waals surface area contributed by atoms with E-state index < -0.39 is 18.3 Å². The molecule has 3 aromatic rings. The fourth-order valence-electron chi connectivity index (χ4n) is 5.74. The molecule has 0 fully saturated rings. The summed E-state index contributed by atoms with van der Waals surface area (Å²) in [6.07, 6.45) is 1.77. The summed E-state index contributed by atoms with van der Waals surface area (Å²) in [5.74, 6) is -0.0374. The lowest BCUT2D eigenvalue weighted by atomic mass is 9.99. The molecule has 1 aromatic heterocycles. The maximum atomic E-state index is 13.6. The van der Waals surface area contributed by atoms with E-state index in [4.69, 9.17) is 4.43 Å². The van der Waals surface area contributed by atoms with Crippen molar-refractivity contribution in [1.82, 2.24) is 3.97 Å². The van der Waals surface area contributed by atoms with Crippen LogP contribution in [0.15, 0.2) is 65.7 Å². The minimum atomic E-state index is -3.82. The number of benzene rings is 2. The largest absolute Gasteiger partial charge is 0.409 e. The van der Waals surface area contributed by atoms with E-state index in [-0.39, 0.29) is 23.7 Å². The van der Waals surface area contributed by atoms with Crippen molar-refractivity contribution in [2.24, 2.45) is 0 Å². The van der Waals surface area contributed by atoms with Gasteiger partial charge in [-0.05, 0) is 53.7 Å². The molecule has 0 bridgehead atoms. The molecule has 7 heteroatoms. The number of ketones is 1. The Hall–Kier alpha value is -2.48. The molecule has 37 heavy (non-hydrogen) atoms. The number of hydrogen-bond donors (Lipinski definition) is 0. The molecule has 0 saturated carbocycles. The van der Waals surface area contributed by atoms with Crippen LogP contribution in [-0.4, -0.2) is 33.1 Å². The van der Waals surface area contributed by atoms with E-state index in [1.165, 1.54) is 3.97 Å². The molecule has 2 aromatic carbocycles. The van der Waals surface area contributed by atoms with Gasteiger partial charge in [0.2, 0.25) is 8.32 Å². The molecule has 0 radical (unpaired) electrons. The predicted octanol–water partition coefficient (Wildman–Crippen LogP) is 7.31. The summed E-state index contributed by atoms with van der Waals surface area (Å²) in [6, 6.07) is 16.5. The summed E-state index contributed by atoms with van der Waals surface area (Å²) in [4.78, 5) is 13.6. The zero-order valence-corrected chi connectivity index (χ0v) is 25.2. The molecule has 0 aliphatic rings. The highest BCUT2D eigenvalue weighted by atomic mass is 32.2. The molecule has 0 N–H and O–H groups in total. The van der Waals surface area contributed by atoms with Crippen molar-refractivity contribution in [3.05, 3.63) is 77.6 Å². The lowest BCUT2D eigenvalue weighted by molar-refractivity contribution is -0.120. The van der Waals surface area contributed by atoms with E-state index in [0.29, 0.717) is 22.3 Å². The van der Waals surface area contributed by atoms with Crippen LogP contribution in [0.1, 0.15) is 58.4 Å². The summed E-state index contributed by atoms with van der Waals surface area (Å²) in [5, 5.41) is 0. The van der Waals surface area contributed by atoms with Crippen LogP contribution in [0.5, 0.6) is 0 Å². The minimum Gasteiger partial charge on any atom is -0.409 e. The molecule has 0 saturated heterocycles. The van der Waals surface area contributed by atoms with Gasteiger partial charge in [0.25, 0.3) is 10.0 Å². The van der Waals surface area contributed by atoms with Crippen LogP contribution >= 0.6 is 0 Å². The molecule has 200 valence electrons.